The summed E-state index contributed by atoms with van der Waals surface area (Å²) < 4.78 is 38.9. The fourth-order valence-corrected chi connectivity index (χ4v) is 2.69. The first kappa shape index (κ1) is 17.9. The summed E-state index contributed by atoms with van der Waals surface area (Å²) in [7, 11) is 0. The van der Waals surface area contributed by atoms with Gasteiger partial charge in [-0.1, -0.05) is 19.1 Å². The summed E-state index contributed by atoms with van der Waals surface area (Å²) in [6.45, 7) is 3.52. The lowest BCUT2D eigenvalue weighted by molar-refractivity contribution is -0.137. The van der Waals surface area contributed by atoms with Crippen LogP contribution in [0, 0.1) is 17.2 Å². The number of alkyl halides is 3. The van der Waals surface area contributed by atoms with Crippen molar-refractivity contribution in [1.29, 1.82) is 5.26 Å². The molecule has 1 aromatic carbocycles. The number of para-hydroxylation sites is 1. The minimum Gasteiger partial charge on any atom is -0.376 e. The van der Waals surface area contributed by atoms with Gasteiger partial charge in [-0.15, -0.1) is 0 Å². The minimum atomic E-state index is -4.58. The van der Waals surface area contributed by atoms with Crippen molar-refractivity contribution in [2.75, 3.05) is 18.4 Å². The highest BCUT2D eigenvalue weighted by atomic mass is 19.4. The monoisotopic (exact) mass is 337 g/mol. The van der Waals surface area contributed by atoms with Crippen molar-refractivity contribution in [2.24, 2.45) is 5.92 Å². The molecule has 0 spiro atoms. The van der Waals surface area contributed by atoms with Crippen LogP contribution in [-0.2, 0) is 11.0 Å². The van der Waals surface area contributed by atoms with Crippen LogP contribution >= 0.6 is 0 Å². The summed E-state index contributed by atoms with van der Waals surface area (Å²) in [4.78, 5) is 14.0. The molecule has 1 saturated heterocycles. The van der Waals surface area contributed by atoms with Crippen molar-refractivity contribution < 1.29 is 18.0 Å². The van der Waals surface area contributed by atoms with Gasteiger partial charge in [-0.3, -0.25) is 4.79 Å². The summed E-state index contributed by atoms with van der Waals surface area (Å²) in [5.74, 6) is -0.392. The molecular formula is C17H18F3N3O. The third-order valence-electron chi connectivity index (χ3n) is 3.85. The number of nitriles is 1. The van der Waals surface area contributed by atoms with Gasteiger partial charge < -0.3 is 10.2 Å². The topological polar surface area (TPSA) is 56.1 Å². The number of anilines is 1. The number of carbonyl (C=O) groups excluding carboxylic acids is 1. The SMILES string of the molecule is CC1CCCN(/C=C(/C#N)C(=O)Nc2ccccc2C(F)(F)F)C1. The van der Waals surface area contributed by atoms with E-state index in [1.54, 1.807) is 6.07 Å². The Morgan fingerprint density at radius 2 is 2.12 bits per heavy atom. The Morgan fingerprint density at radius 3 is 2.75 bits per heavy atom. The van der Waals surface area contributed by atoms with Gasteiger partial charge in [0.05, 0.1) is 11.3 Å². The van der Waals surface area contributed by atoms with Crippen molar-refractivity contribution >= 4 is 11.6 Å². The van der Waals surface area contributed by atoms with Crippen LogP contribution in [0.1, 0.15) is 25.3 Å². The molecule has 7 heteroatoms. The smallest absolute Gasteiger partial charge is 0.376 e. The highest BCUT2D eigenvalue weighted by Gasteiger charge is 2.33. The fraction of sp³-hybridized carbons (Fsp3) is 0.412. The first-order valence-electron chi connectivity index (χ1n) is 7.65. The lowest BCUT2D eigenvalue weighted by Gasteiger charge is -2.29. The molecular weight excluding hydrogens is 319 g/mol. The largest absolute Gasteiger partial charge is 0.418 e. The predicted octanol–water partition coefficient (Wildman–Crippen LogP) is 3.78. The Kier molecular flexibility index (Phi) is 5.50. The number of benzene rings is 1. The van der Waals surface area contributed by atoms with E-state index in [1.165, 1.54) is 24.4 Å². The fourth-order valence-electron chi connectivity index (χ4n) is 2.69. The standard InChI is InChI=1S/C17H18F3N3O/c1-12-5-4-8-23(10-12)11-13(9-21)16(24)22-15-7-3-2-6-14(15)17(18,19)20/h2-3,6-7,11-12H,4-5,8,10H2,1H3,(H,22,24)/b13-11-. The molecule has 24 heavy (non-hydrogen) atoms. The summed E-state index contributed by atoms with van der Waals surface area (Å²) in [5.41, 5.74) is -1.51. The van der Waals surface area contributed by atoms with E-state index in [-0.39, 0.29) is 11.3 Å². The number of nitrogens with zero attached hydrogens (tertiary/aromatic N) is 2. The summed E-state index contributed by atoms with van der Waals surface area (Å²) in [6.07, 6.45) is -1.11. The summed E-state index contributed by atoms with van der Waals surface area (Å²) in [5, 5.41) is 11.4. The van der Waals surface area contributed by atoms with Gasteiger partial charge in [-0.25, -0.2) is 0 Å². The molecule has 0 aromatic heterocycles. The number of hydrogen-bond donors (Lipinski definition) is 1. The molecule has 0 radical (unpaired) electrons. The molecule has 4 nitrogen and oxygen atoms in total. The van der Waals surface area contributed by atoms with E-state index in [0.717, 1.165) is 32.0 Å². The van der Waals surface area contributed by atoms with Gasteiger partial charge in [0.15, 0.2) is 0 Å². The van der Waals surface area contributed by atoms with E-state index in [0.29, 0.717) is 5.92 Å². The molecule has 1 aliphatic rings. The van der Waals surface area contributed by atoms with Crippen molar-refractivity contribution in [1.82, 2.24) is 4.90 Å². The molecule has 1 amide bonds. The molecule has 1 aromatic rings. The maximum Gasteiger partial charge on any atom is 0.418 e. The number of amides is 1. The van der Waals surface area contributed by atoms with Crippen LogP contribution in [0.3, 0.4) is 0 Å². The summed E-state index contributed by atoms with van der Waals surface area (Å²) >= 11 is 0. The number of hydrogen-bond acceptors (Lipinski definition) is 3. The van der Waals surface area contributed by atoms with Crippen LogP contribution < -0.4 is 5.32 Å². The maximum atomic E-state index is 13.0. The highest BCUT2D eigenvalue weighted by Crippen LogP contribution is 2.34. The van der Waals surface area contributed by atoms with Crippen molar-refractivity contribution in [3.05, 3.63) is 41.6 Å². The second-order valence-electron chi connectivity index (χ2n) is 5.89. The molecule has 128 valence electrons. The Hall–Kier alpha value is -2.49. The highest BCUT2D eigenvalue weighted by molar-refractivity contribution is 6.06. The molecule has 2 rings (SSSR count). The quantitative estimate of drug-likeness (QED) is 0.674. The van der Waals surface area contributed by atoms with Crippen molar-refractivity contribution in [2.45, 2.75) is 25.9 Å². The number of halogens is 3. The van der Waals surface area contributed by atoms with Gasteiger partial charge in [0.1, 0.15) is 11.6 Å². The van der Waals surface area contributed by atoms with E-state index in [2.05, 4.69) is 12.2 Å². The Labute approximate surface area is 138 Å². The average Bonchev–Trinajstić information content (AvgIpc) is 2.52. The van der Waals surface area contributed by atoms with Crippen LogP contribution in [0.4, 0.5) is 18.9 Å². The van der Waals surface area contributed by atoms with Crippen molar-refractivity contribution in [3.63, 3.8) is 0 Å². The van der Waals surface area contributed by atoms with E-state index < -0.39 is 17.6 Å². The zero-order valence-electron chi connectivity index (χ0n) is 13.2. The van der Waals surface area contributed by atoms with Gasteiger partial charge in [-0.2, -0.15) is 18.4 Å². The number of piperidine rings is 1. The minimum absolute atomic E-state index is 0.207. The van der Waals surface area contributed by atoms with Crippen LogP contribution in [0.2, 0.25) is 0 Å². The molecule has 1 unspecified atom stereocenters. The molecule has 0 saturated carbocycles. The second kappa shape index (κ2) is 7.39. The zero-order chi connectivity index (χ0) is 17.7. The van der Waals surface area contributed by atoms with E-state index >= 15 is 0 Å². The molecule has 1 fully saturated rings. The first-order valence-corrected chi connectivity index (χ1v) is 7.65. The normalized spacial score (nSPS) is 18.9. The van der Waals surface area contributed by atoms with Crippen LogP contribution in [-0.4, -0.2) is 23.9 Å². The van der Waals surface area contributed by atoms with E-state index in [9.17, 15) is 23.2 Å². The molecule has 1 aliphatic heterocycles. The van der Waals surface area contributed by atoms with Gasteiger partial charge >= 0.3 is 6.18 Å². The number of likely N-dealkylation sites (tertiary alicyclic amines) is 1. The van der Waals surface area contributed by atoms with Crippen LogP contribution in [0.15, 0.2) is 36.0 Å². The van der Waals surface area contributed by atoms with Gasteiger partial charge in [-0.05, 0) is 30.9 Å². The van der Waals surface area contributed by atoms with Gasteiger partial charge in [0.25, 0.3) is 5.91 Å². The Balaban J connectivity index is 2.18. The van der Waals surface area contributed by atoms with Crippen molar-refractivity contribution in [3.8, 4) is 6.07 Å². The molecule has 1 N–H and O–H groups in total. The third-order valence-corrected chi connectivity index (χ3v) is 3.85. The molecule has 1 heterocycles. The van der Waals surface area contributed by atoms with E-state index in [4.69, 9.17) is 0 Å². The summed E-state index contributed by atoms with van der Waals surface area (Å²) in [6, 6.07) is 6.46. The molecule has 1 atom stereocenters. The van der Waals surface area contributed by atoms with E-state index in [1.807, 2.05) is 4.90 Å². The lowest BCUT2D eigenvalue weighted by Crippen LogP contribution is -2.31. The maximum absolute atomic E-state index is 13.0. The number of rotatable bonds is 3. The second-order valence-corrected chi connectivity index (χ2v) is 5.89. The Morgan fingerprint density at radius 1 is 1.42 bits per heavy atom. The number of carbonyl (C=O) groups is 1. The zero-order valence-corrected chi connectivity index (χ0v) is 13.2. The lowest BCUT2D eigenvalue weighted by atomic mass is 10.0. The van der Waals surface area contributed by atoms with Gasteiger partial charge in [0, 0.05) is 19.3 Å². The Bertz CT molecular complexity index is 676. The first-order chi connectivity index (χ1) is 11.3. The molecule has 0 bridgehead atoms. The number of nitrogens with one attached hydrogen (secondary N) is 1. The average molecular weight is 337 g/mol. The van der Waals surface area contributed by atoms with Crippen LogP contribution in [0.5, 0.6) is 0 Å². The third kappa shape index (κ3) is 4.51. The van der Waals surface area contributed by atoms with Crippen LogP contribution in [0.25, 0.3) is 0 Å². The predicted molar refractivity (Wildman–Crippen MR) is 83.7 cm³/mol. The van der Waals surface area contributed by atoms with Gasteiger partial charge in [0.2, 0.25) is 0 Å². The molecule has 0 aliphatic carbocycles.